The molecule has 0 fully saturated rings. The Balaban J connectivity index is 2.51. The molecule has 0 radical (unpaired) electrons. The van der Waals surface area contributed by atoms with E-state index in [1.165, 1.54) is 0 Å². The Kier molecular flexibility index (Phi) is 6.43. The summed E-state index contributed by atoms with van der Waals surface area (Å²) >= 11 is 0. The van der Waals surface area contributed by atoms with Crippen molar-refractivity contribution in [3.05, 3.63) is 47.5 Å². The Labute approximate surface area is 173 Å². The summed E-state index contributed by atoms with van der Waals surface area (Å²) in [6, 6.07) is 3.04. The number of methoxy groups -OCH3 is 1. The minimum Gasteiger partial charge on any atom is -0.494 e. The first-order chi connectivity index (χ1) is 13.9. The van der Waals surface area contributed by atoms with Gasteiger partial charge in [0.15, 0.2) is 0 Å². The zero-order chi connectivity index (χ0) is 23.8. The van der Waals surface area contributed by atoms with E-state index in [0.29, 0.717) is 0 Å². The summed E-state index contributed by atoms with van der Waals surface area (Å²) in [4.78, 5) is -1.27. The molecule has 7 nitrogen and oxygen atoms in total. The summed E-state index contributed by atoms with van der Waals surface area (Å²) in [5.41, 5.74) is -3.98. The molecular weight excluding hydrogens is 478 g/mol. The third kappa shape index (κ3) is 6.40. The van der Waals surface area contributed by atoms with Gasteiger partial charge < -0.3 is 4.74 Å². The second-order valence-corrected chi connectivity index (χ2v) is 9.57. The van der Waals surface area contributed by atoms with Crippen molar-refractivity contribution in [3.63, 3.8) is 0 Å². The van der Waals surface area contributed by atoms with Crippen molar-refractivity contribution < 1.29 is 47.9 Å². The minimum atomic E-state index is -5.23. The van der Waals surface area contributed by atoms with Crippen molar-refractivity contribution in [2.75, 3.05) is 22.8 Å². The lowest BCUT2D eigenvalue weighted by Gasteiger charge is -2.16. The molecule has 15 heteroatoms. The molecule has 0 bridgehead atoms. The number of hydrogen-bond donors (Lipinski definition) is 2. The number of sulfonamides is 2. The molecule has 2 aromatic carbocycles. The number of anilines is 2. The van der Waals surface area contributed by atoms with E-state index in [4.69, 9.17) is 4.74 Å². The molecule has 0 heterocycles. The molecule has 2 rings (SSSR count). The Hall–Kier alpha value is -2.68. The minimum absolute atomic E-state index is 0.0639. The van der Waals surface area contributed by atoms with Crippen LogP contribution >= 0.6 is 0 Å². The summed E-state index contributed by atoms with van der Waals surface area (Å²) in [6.45, 7) is 0. The van der Waals surface area contributed by atoms with Gasteiger partial charge in [-0.1, -0.05) is 0 Å². The van der Waals surface area contributed by atoms with Gasteiger partial charge in [-0.3, -0.25) is 9.44 Å². The fourth-order valence-corrected chi connectivity index (χ4v) is 4.02. The van der Waals surface area contributed by atoms with E-state index in [2.05, 4.69) is 4.72 Å². The second-order valence-electron chi connectivity index (χ2n) is 6.14. The predicted molar refractivity (Wildman–Crippen MR) is 98.7 cm³/mol. The third-order valence-corrected chi connectivity index (χ3v) is 5.57. The zero-order valence-electron chi connectivity index (χ0n) is 15.6. The highest BCUT2D eigenvalue weighted by atomic mass is 32.2. The lowest BCUT2D eigenvalue weighted by molar-refractivity contribution is -0.143. The molecule has 2 aromatic rings. The monoisotopic (exact) mass is 492 g/mol. The summed E-state index contributed by atoms with van der Waals surface area (Å²) in [5, 5.41) is 0. The average Bonchev–Trinajstić information content (AvgIpc) is 2.59. The summed E-state index contributed by atoms with van der Waals surface area (Å²) in [5.74, 6) is -0.161. The van der Waals surface area contributed by atoms with E-state index < -0.39 is 48.4 Å². The maximum atomic E-state index is 13.0. The molecule has 0 saturated heterocycles. The van der Waals surface area contributed by atoms with E-state index in [9.17, 15) is 43.2 Å². The Morgan fingerprint density at radius 3 is 1.74 bits per heavy atom. The maximum absolute atomic E-state index is 13.0. The van der Waals surface area contributed by atoms with Crippen LogP contribution in [0, 0.1) is 0 Å². The average molecular weight is 492 g/mol. The fourth-order valence-electron chi connectivity index (χ4n) is 2.33. The number of halogens is 6. The number of alkyl halides is 6. The first kappa shape index (κ1) is 24.6. The van der Waals surface area contributed by atoms with Gasteiger partial charge >= 0.3 is 12.4 Å². The fraction of sp³-hybridized carbons (Fsp3) is 0.250. The van der Waals surface area contributed by atoms with Gasteiger partial charge in [-0.2, -0.15) is 26.3 Å². The van der Waals surface area contributed by atoms with E-state index in [-0.39, 0.29) is 35.3 Å². The number of ether oxygens (including phenoxy) is 1. The third-order valence-electron chi connectivity index (χ3n) is 3.62. The summed E-state index contributed by atoms with van der Waals surface area (Å²) < 4.78 is 134. The van der Waals surface area contributed by atoms with Gasteiger partial charge in [-0.05, 0) is 30.3 Å². The zero-order valence-corrected chi connectivity index (χ0v) is 17.2. The van der Waals surface area contributed by atoms with Gasteiger partial charge in [-0.15, -0.1) is 0 Å². The smallest absolute Gasteiger partial charge is 0.416 e. The van der Waals surface area contributed by atoms with Crippen LogP contribution in [0.5, 0.6) is 5.75 Å². The van der Waals surface area contributed by atoms with Crippen LogP contribution in [0.4, 0.5) is 37.7 Å². The molecule has 172 valence electrons. The van der Waals surface area contributed by atoms with Crippen molar-refractivity contribution in [1.29, 1.82) is 0 Å². The molecule has 0 aliphatic heterocycles. The van der Waals surface area contributed by atoms with Crippen LogP contribution in [-0.4, -0.2) is 30.2 Å². The van der Waals surface area contributed by atoms with Crippen LogP contribution in [-0.2, 0) is 32.4 Å². The Bertz CT molecular complexity index is 1160. The van der Waals surface area contributed by atoms with Crippen molar-refractivity contribution in [2.24, 2.45) is 0 Å². The van der Waals surface area contributed by atoms with Gasteiger partial charge in [0.2, 0.25) is 10.0 Å². The summed E-state index contributed by atoms with van der Waals surface area (Å²) in [7, 11) is -7.49. The number of rotatable bonds is 6. The van der Waals surface area contributed by atoms with E-state index in [1.54, 1.807) is 0 Å². The molecule has 2 N–H and O–H groups in total. The molecule has 0 atom stereocenters. The molecular formula is C16H14F6N2O5S2. The van der Waals surface area contributed by atoms with Crippen LogP contribution in [0.1, 0.15) is 11.1 Å². The van der Waals surface area contributed by atoms with E-state index in [0.717, 1.165) is 31.6 Å². The van der Waals surface area contributed by atoms with Crippen LogP contribution in [0.15, 0.2) is 41.3 Å². The molecule has 0 spiro atoms. The second kappa shape index (κ2) is 8.11. The Morgan fingerprint density at radius 1 is 0.806 bits per heavy atom. The highest BCUT2D eigenvalue weighted by molar-refractivity contribution is 7.92. The standard InChI is InChI=1S/C16H14F6N2O5S2/c1-29-14-8-11(3-4-13(14)24-30(2,25)26)23-31(27,28)12-6-9(15(17,18)19)5-10(7-12)16(20,21)22/h3-8,23-24H,1-2H3. The predicted octanol–water partition coefficient (Wildman–Crippen LogP) is 3.91. The maximum Gasteiger partial charge on any atom is 0.416 e. The molecule has 0 aromatic heterocycles. The van der Waals surface area contributed by atoms with Crippen molar-refractivity contribution in [3.8, 4) is 5.75 Å². The quantitative estimate of drug-likeness (QED) is 0.596. The van der Waals surface area contributed by atoms with Crippen LogP contribution in [0.2, 0.25) is 0 Å². The van der Waals surface area contributed by atoms with Crippen LogP contribution in [0.3, 0.4) is 0 Å². The first-order valence-corrected chi connectivity index (χ1v) is 11.3. The normalized spacial score (nSPS) is 13.0. The molecule has 31 heavy (non-hydrogen) atoms. The lowest BCUT2D eigenvalue weighted by Crippen LogP contribution is -2.17. The van der Waals surface area contributed by atoms with E-state index in [1.807, 2.05) is 4.72 Å². The molecule has 0 aliphatic carbocycles. The lowest BCUT2D eigenvalue weighted by atomic mass is 10.1. The number of benzene rings is 2. The van der Waals surface area contributed by atoms with Crippen molar-refractivity contribution in [1.82, 2.24) is 0 Å². The van der Waals surface area contributed by atoms with Gasteiger partial charge in [0.25, 0.3) is 10.0 Å². The first-order valence-electron chi connectivity index (χ1n) is 7.90. The van der Waals surface area contributed by atoms with Crippen LogP contribution < -0.4 is 14.2 Å². The molecule has 0 amide bonds. The van der Waals surface area contributed by atoms with Gasteiger partial charge in [0.05, 0.1) is 40.8 Å². The molecule has 0 aliphatic rings. The highest BCUT2D eigenvalue weighted by Crippen LogP contribution is 2.38. The SMILES string of the molecule is COc1cc(NS(=O)(=O)c2cc(C(F)(F)F)cc(C(F)(F)F)c2)ccc1NS(C)(=O)=O. The van der Waals surface area contributed by atoms with E-state index >= 15 is 0 Å². The van der Waals surface area contributed by atoms with Crippen molar-refractivity contribution in [2.45, 2.75) is 17.2 Å². The molecule has 0 unspecified atom stereocenters. The molecule has 0 saturated carbocycles. The Morgan fingerprint density at radius 2 is 1.32 bits per heavy atom. The van der Waals surface area contributed by atoms with Gasteiger partial charge in [0.1, 0.15) is 5.75 Å². The van der Waals surface area contributed by atoms with Gasteiger partial charge in [-0.25, -0.2) is 16.8 Å². The number of hydrogen-bond acceptors (Lipinski definition) is 5. The van der Waals surface area contributed by atoms with Crippen molar-refractivity contribution >= 4 is 31.4 Å². The topological polar surface area (TPSA) is 102 Å². The highest BCUT2D eigenvalue weighted by Gasteiger charge is 2.38. The summed E-state index contributed by atoms with van der Waals surface area (Å²) in [6.07, 6.45) is -9.61. The van der Waals surface area contributed by atoms with Crippen LogP contribution in [0.25, 0.3) is 0 Å². The number of nitrogens with one attached hydrogen (secondary N) is 2. The largest absolute Gasteiger partial charge is 0.494 e. The van der Waals surface area contributed by atoms with Gasteiger partial charge in [0, 0.05) is 6.07 Å².